The number of carbonyl (C=O) groups is 1. The number of aryl methyl sites for hydroxylation is 1. The highest BCUT2D eigenvalue weighted by Gasteiger charge is 2.39. The highest BCUT2D eigenvalue weighted by Crippen LogP contribution is 2.34. The Labute approximate surface area is 151 Å². The van der Waals surface area contributed by atoms with Gasteiger partial charge in [0, 0.05) is 25.3 Å². The molecule has 26 heavy (non-hydrogen) atoms. The van der Waals surface area contributed by atoms with Gasteiger partial charge in [-0.1, -0.05) is 30.3 Å². The van der Waals surface area contributed by atoms with Crippen LogP contribution >= 0.6 is 0 Å². The van der Waals surface area contributed by atoms with Crippen LogP contribution < -0.4 is 5.56 Å². The van der Waals surface area contributed by atoms with E-state index in [1.807, 2.05) is 18.2 Å². The minimum Gasteiger partial charge on any atom is -0.477 e. The number of morpholine rings is 1. The average Bonchev–Trinajstić information content (AvgIpc) is 3.05. The van der Waals surface area contributed by atoms with E-state index in [0.29, 0.717) is 12.2 Å². The molecule has 6 heteroatoms. The van der Waals surface area contributed by atoms with Crippen molar-refractivity contribution in [2.75, 3.05) is 19.7 Å². The number of fused-ring (bicyclic) bond motifs is 1. The zero-order chi connectivity index (χ0) is 18.3. The van der Waals surface area contributed by atoms with Crippen molar-refractivity contribution in [1.29, 1.82) is 0 Å². The first-order valence-electron chi connectivity index (χ1n) is 8.90. The Balaban J connectivity index is 1.55. The van der Waals surface area contributed by atoms with Gasteiger partial charge >= 0.3 is 5.97 Å². The van der Waals surface area contributed by atoms with E-state index >= 15 is 0 Å². The minimum absolute atomic E-state index is 0.0238. The van der Waals surface area contributed by atoms with Crippen molar-refractivity contribution in [3.05, 3.63) is 69.6 Å². The Hall–Kier alpha value is -2.44. The summed E-state index contributed by atoms with van der Waals surface area (Å²) >= 11 is 0. The number of ether oxygens (including phenoxy) is 1. The molecule has 0 aliphatic carbocycles. The number of carboxylic acids is 1. The molecule has 1 N–H and O–H groups in total. The summed E-state index contributed by atoms with van der Waals surface area (Å²) in [5, 5.41) is 9.34. The van der Waals surface area contributed by atoms with Crippen LogP contribution in [0.25, 0.3) is 0 Å². The normalized spacial score (nSPS) is 25.8. The second-order valence-electron chi connectivity index (χ2n) is 7.12. The molecule has 3 atom stereocenters. The van der Waals surface area contributed by atoms with E-state index in [1.165, 1.54) is 0 Å². The molecule has 0 spiro atoms. The van der Waals surface area contributed by atoms with Gasteiger partial charge in [0.15, 0.2) is 0 Å². The molecule has 1 aromatic heterocycles. The number of rotatable bonds is 3. The van der Waals surface area contributed by atoms with Crippen molar-refractivity contribution >= 4 is 5.97 Å². The second kappa shape index (κ2) is 6.70. The Morgan fingerprint density at radius 2 is 1.92 bits per heavy atom. The molecule has 4 rings (SSSR count). The predicted octanol–water partition coefficient (Wildman–Crippen LogP) is 2.24. The summed E-state index contributed by atoms with van der Waals surface area (Å²) in [7, 11) is 0. The third-order valence-electron chi connectivity index (χ3n) is 5.50. The van der Waals surface area contributed by atoms with Crippen molar-refractivity contribution < 1.29 is 14.6 Å². The first kappa shape index (κ1) is 17.0. The second-order valence-corrected chi connectivity index (χ2v) is 7.12. The van der Waals surface area contributed by atoms with Crippen LogP contribution in [0.4, 0.5) is 0 Å². The number of benzene rings is 1. The molecule has 2 aliphatic heterocycles. The van der Waals surface area contributed by atoms with Crippen LogP contribution in [0.5, 0.6) is 0 Å². The van der Waals surface area contributed by atoms with E-state index in [-0.39, 0.29) is 23.8 Å². The maximum Gasteiger partial charge on any atom is 0.341 e. The van der Waals surface area contributed by atoms with Crippen LogP contribution in [-0.2, 0) is 4.74 Å². The Morgan fingerprint density at radius 1 is 1.15 bits per heavy atom. The molecule has 0 unspecified atom stereocenters. The maximum atomic E-state index is 12.6. The quantitative estimate of drug-likeness (QED) is 0.915. The fourth-order valence-electron chi connectivity index (χ4n) is 4.11. The van der Waals surface area contributed by atoms with Gasteiger partial charge in [-0.25, -0.2) is 4.79 Å². The van der Waals surface area contributed by atoms with E-state index < -0.39 is 11.5 Å². The number of hydrogen-bond acceptors (Lipinski definition) is 4. The third-order valence-corrected chi connectivity index (χ3v) is 5.50. The molecule has 0 radical (unpaired) electrons. The predicted molar refractivity (Wildman–Crippen MR) is 96.5 cm³/mol. The molecule has 2 aromatic rings. The molecule has 2 saturated heterocycles. The average molecular weight is 354 g/mol. The highest BCUT2D eigenvalue weighted by atomic mass is 16.5. The number of carboxylic acid groups (broad SMARTS) is 1. The Kier molecular flexibility index (Phi) is 4.38. The molecule has 6 nitrogen and oxygen atoms in total. The van der Waals surface area contributed by atoms with Gasteiger partial charge in [0.1, 0.15) is 5.56 Å². The first-order chi connectivity index (χ1) is 12.5. The molecular formula is C20H22N2O4. The van der Waals surface area contributed by atoms with Crippen LogP contribution in [0.15, 0.2) is 47.4 Å². The van der Waals surface area contributed by atoms with Crippen LogP contribution in [0.1, 0.15) is 40.1 Å². The summed E-state index contributed by atoms with van der Waals surface area (Å²) < 4.78 is 7.64. The Morgan fingerprint density at radius 3 is 2.65 bits per heavy atom. The standard InChI is InChI=1S/C20H22N2O4/c1-13-7-8-22(19(23)18(13)20(24)25)15-9-16-12-26-17(11-21(16)10-15)14-5-3-2-4-6-14/h2-8,15-17H,9-12H2,1H3,(H,24,25)/t15-,16-,17+/m0/s1. The van der Waals surface area contributed by atoms with Crippen molar-refractivity contribution in [1.82, 2.24) is 9.47 Å². The van der Waals surface area contributed by atoms with Crippen molar-refractivity contribution in [3.63, 3.8) is 0 Å². The molecule has 3 heterocycles. The van der Waals surface area contributed by atoms with Crippen molar-refractivity contribution in [3.8, 4) is 0 Å². The number of nitrogens with zero attached hydrogens (tertiary/aromatic N) is 2. The van der Waals surface area contributed by atoms with E-state index in [2.05, 4.69) is 17.0 Å². The first-order valence-corrected chi connectivity index (χ1v) is 8.90. The van der Waals surface area contributed by atoms with Gasteiger partial charge in [0.2, 0.25) is 0 Å². The van der Waals surface area contributed by atoms with Crippen LogP contribution in [0.2, 0.25) is 0 Å². The van der Waals surface area contributed by atoms with Gasteiger partial charge in [-0.15, -0.1) is 0 Å². The van der Waals surface area contributed by atoms with Gasteiger partial charge in [0.05, 0.1) is 18.8 Å². The summed E-state index contributed by atoms with van der Waals surface area (Å²) in [6.45, 7) is 3.81. The van der Waals surface area contributed by atoms with E-state index in [1.54, 1.807) is 23.8 Å². The van der Waals surface area contributed by atoms with Crippen molar-refractivity contribution in [2.45, 2.75) is 31.5 Å². The van der Waals surface area contributed by atoms with Gasteiger partial charge < -0.3 is 14.4 Å². The van der Waals surface area contributed by atoms with Crippen molar-refractivity contribution in [2.24, 2.45) is 0 Å². The van der Waals surface area contributed by atoms with Crippen LogP contribution in [0, 0.1) is 6.92 Å². The summed E-state index contributed by atoms with van der Waals surface area (Å²) in [5.41, 5.74) is 1.12. The zero-order valence-corrected chi connectivity index (χ0v) is 14.7. The molecule has 136 valence electrons. The Bertz CT molecular complexity index is 877. The lowest BCUT2D eigenvalue weighted by molar-refractivity contribution is -0.0502. The number of aromatic nitrogens is 1. The summed E-state index contributed by atoms with van der Waals surface area (Å²) in [4.78, 5) is 26.4. The molecule has 1 aromatic carbocycles. The SMILES string of the molecule is Cc1ccn([C@H]2C[C@H]3CO[C@@H](c4ccccc4)CN3C2)c(=O)c1C(=O)O. The van der Waals surface area contributed by atoms with Gasteiger partial charge in [-0.3, -0.25) is 9.69 Å². The monoisotopic (exact) mass is 354 g/mol. The maximum absolute atomic E-state index is 12.6. The summed E-state index contributed by atoms with van der Waals surface area (Å²) in [6.07, 6.45) is 2.56. The molecule has 0 bridgehead atoms. The van der Waals surface area contributed by atoms with E-state index in [0.717, 1.165) is 25.1 Å². The number of aromatic carboxylic acids is 1. The largest absolute Gasteiger partial charge is 0.477 e. The van der Waals surface area contributed by atoms with Gasteiger partial charge in [-0.2, -0.15) is 0 Å². The van der Waals surface area contributed by atoms with E-state index in [9.17, 15) is 14.7 Å². The lowest BCUT2D eigenvalue weighted by Gasteiger charge is -2.35. The molecule has 2 fully saturated rings. The van der Waals surface area contributed by atoms with Gasteiger partial charge in [-0.05, 0) is 30.5 Å². The highest BCUT2D eigenvalue weighted by molar-refractivity contribution is 5.88. The third kappa shape index (κ3) is 2.95. The molecule has 2 aliphatic rings. The topological polar surface area (TPSA) is 71.8 Å². The number of pyridine rings is 1. The lowest BCUT2D eigenvalue weighted by atomic mass is 10.1. The number of hydrogen-bond donors (Lipinski definition) is 1. The zero-order valence-electron chi connectivity index (χ0n) is 14.7. The fraction of sp³-hybridized carbons (Fsp3) is 0.400. The minimum atomic E-state index is -1.16. The van der Waals surface area contributed by atoms with Crippen LogP contribution in [0.3, 0.4) is 0 Å². The summed E-state index contributed by atoms with van der Waals surface area (Å²) in [6, 6.07) is 12.1. The van der Waals surface area contributed by atoms with Gasteiger partial charge in [0.25, 0.3) is 5.56 Å². The fourth-order valence-corrected chi connectivity index (χ4v) is 4.11. The molecule has 0 saturated carbocycles. The molecular weight excluding hydrogens is 332 g/mol. The smallest absolute Gasteiger partial charge is 0.341 e. The summed E-state index contributed by atoms with van der Waals surface area (Å²) in [5.74, 6) is -1.16. The lowest BCUT2D eigenvalue weighted by Crippen LogP contribution is -2.42. The molecule has 0 amide bonds. The van der Waals surface area contributed by atoms with Crippen LogP contribution in [-0.4, -0.2) is 46.3 Å². The van der Waals surface area contributed by atoms with E-state index in [4.69, 9.17) is 4.74 Å².